The van der Waals surface area contributed by atoms with E-state index in [-0.39, 0.29) is 12.4 Å². The molecule has 0 aromatic carbocycles. The predicted octanol–water partition coefficient (Wildman–Crippen LogP) is -0.895. The molecule has 0 aliphatic heterocycles. The molecule has 13 heteroatoms. The Kier molecular flexibility index (Phi) is 10.5. The van der Waals surface area contributed by atoms with E-state index in [9.17, 15) is 29.1 Å². The lowest BCUT2D eigenvalue weighted by molar-refractivity contribution is -0.141. The van der Waals surface area contributed by atoms with Crippen molar-refractivity contribution in [2.45, 2.75) is 25.4 Å². The summed E-state index contributed by atoms with van der Waals surface area (Å²) in [6.07, 6.45) is -2.21. The van der Waals surface area contributed by atoms with Gasteiger partial charge in [-0.05, 0) is 6.92 Å². The molecule has 0 spiro atoms. The minimum Gasteiger partial charge on any atom is -0.501 e. The number of amides is 3. The Bertz CT molecular complexity index is 623. The zero-order valence-electron chi connectivity index (χ0n) is 14.6. The Labute approximate surface area is 158 Å². The van der Waals surface area contributed by atoms with Gasteiger partial charge >= 0.3 is 18.0 Å². The number of esters is 1. The summed E-state index contributed by atoms with van der Waals surface area (Å²) in [4.78, 5) is 57.2. The number of thioether (sulfide) groups is 1. The van der Waals surface area contributed by atoms with E-state index < -0.39 is 54.1 Å². The van der Waals surface area contributed by atoms with E-state index in [2.05, 4.69) is 10.1 Å². The lowest BCUT2D eigenvalue weighted by Gasteiger charge is -2.21. The topological polar surface area (TPSA) is 197 Å². The Morgan fingerprint density at radius 1 is 1.22 bits per heavy atom. The maximum Gasteiger partial charge on any atom is 0.413 e. The van der Waals surface area contributed by atoms with Crippen molar-refractivity contribution >= 4 is 41.6 Å². The summed E-state index contributed by atoms with van der Waals surface area (Å²) in [5.74, 6) is -5.30. The third kappa shape index (κ3) is 8.91. The van der Waals surface area contributed by atoms with Gasteiger partial charge in [-0.15, -0.1) is 11.8 Å². The highest BCUT2D eigenvalue weighted by Crippen LogP contribution is 2.11. The number of nitrogens with zero attached hydrogens (tertiary/aromatic N) is 1. The van der Waals surface area contributed by atoms with Crippen LogP contribution in [0.4, 0.5) is 4.79 Å². The number of rotatable bonds is 10. The van der Waals surface area contributed by atoms with Crippen LogP contribution in [0.15, 0.2) is 11.2 Å². The molecule has 2 unspecified atom stereocenters. The van der Waals surface area contributed by atoms with Gasteiger partial charge in [0.1, 0.15) is 12.1 Å². The van der Waals surface area contributed by atoms with Crippen LogP contribution >= 0.6 is 11.8 Å². The van der Waals surface area contributed by atoms with E-state index in [1.54, 1.807) is 0 Å². The molecule has 0 heterocycles. The van der Waals surface area contributed by atoms with Crippen LogP contribution in [0, 0.1) is 0 Å². The number of imide groups is 1. The number of carboxylic acid groups (broad SMARTS) is 2. The lowest BCUT2D eigenvalue weighted by atomic mass is 10.2. The quantitative estimate of drug-likeness (QED) is 0.171. The fraction of sp³-hybridized carbons (Fsp3) is 0.500. The molecule has 152 valence electrons. The first-order chi connectivity index (χ1) is 12.5. The van der Waals surface area contributed by atoms with E-state index in [0.29, 0.717) is 4.90 Å². The van der Waals surface area contributed by atoms with Gasteiger partial charge in [0.15, 0.2) is 0 Å². The molecule has 0 saturated heterocycles. The molecule has 0 aliphatic carbocycles. The van der Waals surface area contributed by atoms with Crippen molar-refractivity contribution in [3.05, 3.63) is 11.2 Å². The second-order valence-corrected chi connectivity index (χ2v) is 5.91. The summed E-state index contributed by atoms with van der Waals surface area (Å²) in [5.41, 5.74) is 5.23. The van der Waals surface area contributed by atoms with Gasteiger partial charge in [0, 0.05) is 18.2 Å². The van der Waals surface area contributed by atoms with Gasteiger partial charge in [0.2, 0.25) is 11.7 Å². The van der Waals surface area contributed by atoms with Crippen LogP contribution in [0.5, 0.6) is 0 Å². The molecule has 0 aromatic rings. The van der Waals surface area contributed by atoms with Crippen molar-refractivity contribution < 1.29 is 44.0 Å². The molecule has 3 amide bonds. The number of ether oxygens (including phenoxy) is 1. The van der Waals surface area contributed by atoms with Crippen LogP contribution in [0.1, 0.15) is 13.3 Å². The number of carbonyl (C=O) groups is 5. The third-order valence-electron chi connectivity index (χ3n) is 2.92. The summed E-state index contributed by atoms with van der Waals surface area (Å²) in [6, 6.07) is -2.88. The standard InChI is InChI=1S/C14H21N3O9S/c1-3-26-13(23)9(18)6-27-5-8(11(20)17(2)14(24)25)16-10(19)4-7(15)12(21)22/h6-8,18H,3-5,15H2,1-2H3,(H,16,19)(H,21,22)(H,24,25). The molecule has 6 N–H and O–H groups in total. The number of nitrogens with one attached hydrogen (secondary N) is 1. The number of likely N-dealkylation sites (N-methyl/N-ethyl adjacent to an activating group) is 1. The van der Waals surface area contributed by atoms with E-state index in [0.717, 1.165) is 24.2 Å². The van der Waals surface area contributed by atoms with Gasteiger partial charge in [0.25, 0.3) is 5.91 Å². The maximum atomic E-state index is 12.1. The first-order valence-electron chi connectivity index (χ1n) is 7.47. The van der Waals surface area contributed by atoms with E-state index in [4.69, 9.17) is 15.9 Å². The highest BCUT2D eigenvalue weighted by Gasteiger charge is 2.28. The van der Waals surface area contributed by atoms with Crippen molar-refractivity contribution in [1.29, 1.82) is 0 Å². The summed E-state index contributed by atoms with van der Waals surface area (Å²) >= 11 is 0.733. The fourth-order valence-electron chi connectivity index (χ4n) is 1.52. The van der Waals surface area contributed by atoms with Crippen LogP contribution in [0.25, 0.3) is 0 Å². The molecule has 0 bridgehead atoms. The zero-order chi connectivity index (χ0) is 21.1. The zero-order valence-corrected chi connectivity index (χ0v) is 15.4. The fourth-order valence-corrected chi connectivity index (χ4v) is 2.29. The lowest BCUT2D eigenvalue weighted by Crippen LogP contribution is -2.51. The monoisotopic (exact) mass is 407 g/mol. The van der Waals surface area contributed by atoms with Crippen molar-refractivity contribution in [2.75, 3.05) is 19.4 Å². The molecular weight excluding hydrogens is 386 g/mol. The first kappa shape index (κ1) is 24.2. The molecule has 0 aromatic heterocycles. The number of aliphatic hydroxyl groups is 1. The average molecular weight is 407 g/mol. The average Bonchev–Trinajstić information content (AvgIpc) is 2.59. The van der Waals surface area contributed by atoms with Gasteiger partial charge in [-0.1, -0.05) is 0 Å². The first-order valence-corrected chi connectivity index (χ1v) is 8.52. The van der Waals surface area contributed by atoms with Gasteiger partial charge in [-0.2, -0.15) is 0 Å². The molecule has 27 heavy (non-hydrogen) atoms. The SMILES string of the molecule is CCOC(=O)C(O)=CSCC(NC(=O)CC(N)C(=O)O)C(=O)N(C)C(=O)O. The van der Waals surface area contributed by atoms with E-state index in [1.807, 2.05) is 0 Å². The molecule has 0 saturated carbocycles. The number of nitrogens with two attached hydrogens (primary N) is 1. The number of carboxylic acids is 1. The van der Waals surface area contributed by atoms with Crippen LogP contribution < -0.4 is 11.1 Å². The van der Waals surface area contributed by atoms with Gasteiger partial charge < -0.3 is 31.1 Å². The van der Waals surface area contributed by atoms with E-state index >= 15 is 0 Å². The Hall–Kier alpha value is -2.80. The minimum absolute atomic E-state index is 0.0335. The summed E-state index contributed by atoms with van der Waals surface area (Å²) < 4.78 is 4.55. The Morgan fingerprint density at radius 2 is 1.81 bits per heavy atom. The summed E-state index contributed by atoms with van der Waals surface area (Å²) in [7, 11) is 0.962. The van der Waals surface area contributed by atoms with Crippen molar-refractivity contribution in [3.63, 3.8) is 0 Å². The van der Waals surface area contributed by atoms with Gasteiger partial charge in [-0.25, -0.2) is 14.5 Å². The molecule has 0 aliphatic rings. The number of hydrogen-bond donors (Lipinski definition) is 5. The normalized spacial score (nSPS) is 13.2. The maximum absolute atomic E-state index is 12.1. The second-order valence-electron chi connectivity index (χ2n) is 5.01. The van der Waals surface area contributed by atoms with Gasteiger partial charge in [0.05, 0.1) is 13.0 Å². The van der Waals surface area contributed by atoms with Crippen molar-refractivity contribution in [1.82, 2.24) is 10.2 Å². The molecule has 0 radical (unpaired) electrons. The second kappa shape index (κ2) is 11.7. The van der Waals surface area contributed by atoms with Gasteiger partial charge in [-0.3, -0.25) is 14.4 Å². The van der Waals surface area contributed by atoms with Crippen molar-refractivity contribution in [2.24, 2.45) is 5.73 Å². The van der Waals surface area contributed by atoms with Crippen LogP contribution in [0.3, 0.4) is 0 Å². The highest BCUT2D eigenvalue weighted by atomic mass is 32.2. The number of aliphatic hydroxyl groups excluding tert-OH is 1. The van der Waals surface area contributed by atoms with Crippen molar-refractivity contribution in [3.8, 4) is 0 Å². The van der Waals surface area contributed by atoms with Crippen LogP contribution in [-0.2, 0) is 23.9 Å². The number of hydrogen-bond acceptors (Lipinski definition) is 9. The smallest absolute Gasteiger partial charge is 0.413 e. The number of carbonyl (C=O) groups excluding carboxylic acids is 3. The Balaban J connectivity index is 5.09. The molecular formula is C14H21N3O9S. The molecule has 0 rings (SSSR count). The molecule has 0 fully saturated rings. The molecule has 2 atom stereocenters. The molecule has 12 nitrogen and oxygen atoms in total. The van der Waals surface area contributed by atoms with Crippen LogP contribution in [-0.4, -0.2) is 81.6 Å². The van der Waals surface area contributed by atoms with E-state index in [1.165, 1.54) is 6.92 Å². The highest BCUT2D eigenvalue weighted by molar-refractivity contribution is 8.02. The summed E-state index contributed by atoms with van der Waals surface area (Å²) in [5, 5.41) is 30.2. The number of aliphatic carboxylic acids is 1. The largest absolute Gasteiger partial charge is 0.501 e. The predicted molar refractivity (Wildman–Crippen MR) is 92.8 cm³/mol. The Morgan fingerprint density at radius 3 is 2.30 bits per heavy atom. The third-order valence-corrected chi connectivity index (χ3v) is 3.83. The minimum atomic E-state index is -1.57. The summed E-state index contributed by atoms with van der Waals surface area (Å²) in [6.45, 7) is 1.57. The van der Waals surface area contributed by atoms with Crippen LogP contribution in [0.2, 0.25) is 0 Å².